The van der Waals surface area contributed by atoms with Crippen molar-refractivity contribution in [3.63, 3.8) is 0 Å². The summed E-state index contributed by atoms with van der Waals surface area (Å²) in [5, 5.41) is 9.13. The van der Waals surface area contributed by atoms with E-state index in [1.165, 1.54) is 32.3 Å². The van der Waals surface area contributed by atoms with Crippen LogP contribution in [0.2, 0.25) is 5.02 Å². The molecule has 1 aromatic carbocycles. The van der Waals surface area contributed by atoms with Gasteiger partial charge in [0.05, 0.1) is 23.7 Å². The summed E-state index contributed by atoms with van der Waals surface area (Å²) in [6.45, 7) is -0.511. The summed E-state index contributed by atoms with van der Waals surface area (Å²) in [7, 11) is -1.49. The van der Waals surface area contributed by atoms with Crippen molar-refractivity contribution in [2.75, 3.05) is 20.6 Å². The minimum absolute atomic E-state index is 0.0758. The summed E-state index contributed by atoms with van der Waals surface area (Å²) in [5.41, 5.74) is 0.0758. The highest BCUT2D eigenvalue weighted by Gasteiger charge is 2.46. The monoisotopic (exact) mass is 397 g/mol. The summed E-state index contributed by atoms with van der Waals surface area (Å²) in [6.07, 6.45) is -3.40. The van der Waals surface area contributed by atoms with Gasteiger partial charge in [-0.15, -0.1) is 0 Å². The van der Waals surface area contributed by atoms with Crippen LogP contribution in [0.4, 0.5) is 13.6 Å². The van der Waals surface area contributed by atoms with Gasteiger partial charge in [0.25, 0.3) is 10.2 Å². The van der Waals surface area contributed by atoms with Crippen LogP contribution in [0.15, 0.2) is 18.2 Å². The molecule has 7 nitrogen and oxygen atoms in total. The number of nitrogens with zero attached hydrogens (tertiary/aromatic N) is 2. The molecule has 0 saturated carbocycles. The Bertz CT molecular complexity index is 762. The molecule has 140 valence electrons. The number of benzene rings is 1. The third-order valence-corrected chi connectivity index (χ3v) is 5.87. The average Bonchev–Trinajstić information content (AvgIpc) is 2.80. The number of amides is 1. The van der Waals surface area contributed by atoms with Crippen LogP contribution in [0.1, 0.15) is 5.56 Å². The van der Waals surface area contributed by atoms with E-state index in [4.69, 9.17) is 11.6 Å². The number of halogens is 3. The van der Waals surface area contributed by atoms with Crippen molar-refractivity contribution < 1.29 is 27.1 Å². The smallest absolute Gasteiger partial charge is 0.407 e. The van der Waals surface area contributed by atoms with Gasteiger partial charge in [0.1, 0.15) is 12.0 Å². The zero-order chi connectivity index (χ0) is 18.9. The first kappa shape index (κ1) is 19.8. The predicted octanol–water partition coefficient (Wildman–Crippen LogP) is 1.49. The summed E-state index contributed by atoms with van der Waals surface area (Å²) in [4.78, 5) is 12.2. The Morgan fingerprint density at radius 1 is 1.48 bits per heavy atom. The van der Waals surface area contributed by atoms with E-state index in [0.29, 0.717) is 0 Å². The number of hydrogen-bond acceptors (Lipinski definition) is 3. The Hall–Kier alpha value is -1.49. The minimum Gasteiger partial charge on any atom is -0.465 e. The van der Waals surface area contributed by atoms with E-state index in [0.717, 1.165) is 9.21 Å². The maximum absolute atomic E-state index is 14.4. The van der Waals surface area contributed by atoms with Crippen LogP contribution in [0.25, 0.3) is 0 Å². The second-order valence-electron chi connectivity index (χ2n) is 5.87. The molecule has 2 N–H and O–H groups in total. The second-order valence-corrected chi connectivity index (χ2v) is 8.19. The molecule has 2 rings (SSSR count). The van der Waals surface area contributed by atoms with Gasteiger partial charge in [-0.1, -0.05) is 23.7 Å². The first-order chi connectivity index (χ1) is 11.5. The van der Waals surface area contributed by atoms with Gasteiger partial charge in [-0.05, 0) is 18.1 Å². The van der Waals surface area contributed by atoms with Gasteiger partial charge in [-0.3, -0.25) is 0 Å². The van der Waals surface area contributed by atoms with Gasteiger partial charge in [0.15, 0.2) is 0 Å². The van der Waals surface area contributed by atoms with Crippen molar-refractivity contribution >= 4 is 27.9 Å². The van der Waals surface area contributed by atoms with E-state index in [-0.39, 0.29) is 17.0 Å². The minimum atomic E-state index is -4.00. The summed E-state index contributed by atoms with van der Waals surface area (Å²) in [5.74, 6) is -0.744. The van der Waals surface area contributed by atoms with Crippen LogP contribution in [-0.4, -0.2) is 67.7 Å². The van der Waals surface area contributed by atoms with Crippen molar-refractivity contribution in [1.82, 2.24) is 13.9 Å². The van der Waals surface area contributed by atoms with Crippen LogP contribution in [0, 0.1) is 5.82 Å². The van der Waals surface area contributed by atoms with E-state index < -0.39 is 46.9 Å². The zero-order valence-electron chi connectivity index (χ0n) is 13.5. The van der Waals surface area contributed by atoms with Crippen LogP contribution in [0.5, 0.6) is 0 Å². The lowest BCUT2D eigenvalue weighted by Gasteiger charge is -2.27. The Balaban J connectivity index is 2.36. The standard InChI is InChI=1S/C14H18ClF2N3O4S/c1-19(2)25(23,24)18-13-10(16)7-20(14(21)22)11(13)6-8-4-3-5-9(15)12(8)17/h3-5,10-11,13,18H,6-7H2,1-2H3,(H,21,22)/t10?,11-,13?/m0/s1. The average molecular weight is 398 g/mol. The SMILES string of the molecule is CN(C)S(=O)(=O)NC1C(F)CN(C(=O)O)[C@H]1Cc1cccc(Cl)c1F. The van der Waals surface area contributed by atoms with Gasteiger partial charge < -0.3 is 10.0 Å². The Morgan fingerprint density at radius 3 is 2.68 bits per heavy atom. The molecule has 1 heterocycles. The fourth-order valence-corrected chi connectivity index (χ4v) is 3.74. The lowest BCUT2D eigenvalue weighted by atomic mass is 10.00. The van der Waals surface area contributed by atoms with E-state index in [1.54, 1.807) is 0 Å². The van der Waals surface area contributed by atoms with Gasteiger partial charge in [0, 0.05) is 14.1 Å². The van der Waals surface area contributed by atoms with Crippen LogP contribution in [-0.2, 0) is 16.6 Å². The molecule has 1 aromatic rings. The lowest BCUT2D eigenvalue weighted by molar-refractivity contribution is 0.136. The first-order valence-corrected chi connectivity index (χ1v) is 9.12. The normalized spacial score (nSPS) is 24.1. The fourth-order valence-electron chi connectivity index (χ4n) is 2.69. The molecule has 0 aliphatic carbocycles. The molecule has 0 spiro atoms. The molecule has 0 aromatic heterocycles. The van der Waals surface area contributed by atoms with Crippen LogP contribution < -0.4 is 4.72 Å². The molecular weight excluding hydrogens is 380 g/mol. The van der Waals surface area contributed by atoms with Crippen LogP contribution in [0.3, 0.4) is 0 Å². The van der Waals surface area contributed by atoms with E-state index in [1.807, 2.05) is 0 Å². The van der Waals surface area contributed by atoms with Crippen LogP contribution >= 0.6 is 11.6 Å². The largest absolute Gasteiger partial charge is 0.465 e. The first-order valence-electron chi connectivity index (χ1n) is 7.31. The number of alkyl halides is 1. The molecule has 25 heavy (non-hydrogen) atoms. The molecule has 0 radical (unpaired) electrons. The molecule has 1 saturated heterocycles. The third-order valence-electron chi connectivity index (χ3n) is 4.05. The summed E-state index contributed by atoms with van der Waals surface area (Å²) >= 11 is 5.71. The topological polar surface area (TPSA) is 90.0 Å². The Kier molecular flexibility index (Phi) is 5.87. The molecule has 3 atom stereocenters. The molecular formula is C14H18ClF2N3O4S. The highest BCUT2D eigenvalue weighted by molar-refractivity contribution is 7.87. The van der Waals surface area contributed by atoms with Crippen molar-refractivity contribution in [1.29, 1.82) is 0 Å². The predicted molar refractivity (Wildman–Crippen MR) is 88.1 cm³/mol. The number of carbonyl (C=O) groups is 1. The van der Waals surface area contributed by atoms with E-state index in [2.05, 4.69) is 4.72 Å². The Labute approximate surface area is 149 Å². The molecule has 2 unspecified atom stereocenters. The molecule has 1 aliphatic rings. The maximum Gasteiger partial charge on any atom is 0.407 e. The Morgan fingerprint density at radius 2 is 2.12 bits per heavy atom. The second kappa shape index (κ2) is 7.40. The number of hydrogen-bond donors (Lipinski definition) is 2. The van der Waals surface area contributed by atoms with Gasteiger partial charge in [-0.25, -0.2) is 13.6 Å². The molecule has 11 heteroatoms. The van der Waals surface area contributed by atoms with Crippen molar-refractivity contribution in [3.8, 4) is 0 Å². The van der Waals surface area contributed by atoms with E-state index >= 15 is 0 Å². The highest BCUT2D eigenvalue weighted by atomic mass is 35.5. The van der Waals surface area contributed by atoms with Gasteiger partial charge in [-0.2, -0.15) is 17.4 Å². The van der Waals surface area contributed by atoms with Crippen molar-refractivity contribution in [2.45, 2.75) is 24.7 Å². The molecule has 1 amide bonds. The third kappa shape index (κ3) is 4.20. The fraction of sp³-hybridized carbons (Fsp3) is 0.500. The van der Waals surface area contributed by atoms with Crippen molar-refractivity contribution in [3.05, 3.63) is 34.6 Å². The summed E-state index contributed by atoms with van der Waals surface area (Å²) in [6, 6.07) is 1.74. The van der Waals surface area contributed by atoms with Crippen molar-refractivity contribution in [2.24, 2.45) is 0 Å². The quantitative estimate of drug-likeness (QED) is 0.787. The zero-order valence-corrected chi connectivity index (χ0v) is 15.1. The molecule has 1 fully saturated rings. The molecule has 1 aliphatic heterocycles. The number of nitrogens with one attached hydrogen (secondary N) is 1. The number of carboxylic acid groups (broad SMARTS) is 1. The van der Waals surface area contributed by atoms with E-state index in [9.17, 15) is 27.1 Å². The number of likely N-dealkylation sites (tertiary alicyclic amines) is 1. The lowest BCUT2D eigenvalue weighted by Crippen LogP contribution is -2.52. The molecule has 0 bridgehead atoms. The van der Waals surface area contributed by atoms with Gasteiger partial charge in [0.2, 0.25) is 0 Å². The van der Waals surface area contributed by atoms with Gasteiger partial charge >= 0.3 is 6.09 Å². The maximum atomic E-state index is 14.4. The highest BCUT2D eigenvalue weighted by Crippen LogP contribution is 2.28. The summed E-state index contributed by atoms with van der Waals surface area (Å²) < 4.78 is 55.5. The number of rotatable bonds is 5.